The van der Waals surface area contributed by atoms with E-state index in [1.165, 1.54) is 0 Å². The number of rotatable bonds is 3. The zero-order chi connectivity index (χ0) is 13.9. The van der Waals surface area contributed by atoms with E-state index >= 15 is 0 Å². The Hall–Kier alpha value is -1.05. The Morgan fingerprint density at radius 2 is 2.32 bits per heavy atom. The number of nitrogens with zero attached hydrogens (tertiary/aromatic N) is 1. The van der Waals surface area contributed by atoms with Crippen LogP contribution in [-0.4, -0.2) is 37.4 Å². The number of ether oxygens (including phenoxy) is 2. The first-order valence-electron chi connectivity index (χ1n) is 5.64. The molecule has 0 aromatic carbocycles. The van der Waals surface area contributed by atoms with E-state index in [4.69, 9.17) is 21.1 Å². The summed E-state index contributed by atoms with van der Waals surface area (Å²) >= 11 is 5.71. The van der Waals surface area contributed by atoms with Crippen LogP contribution in [0.1, 0.15) is 5.56 Å². The molecule has 0 radical (unpaired) electrons. The molecule has 1 aromatic heterocycles. The molecule has 1 atom stereocenters. The summed E-state index contributed by atoms with van der Waals surface area (Å²) in [5.41, 5.74) is -0.902. The van der Waals surface area contributed by atoms with Gasteiger partial charge in [0.2, 0.25) is 5.88 Å². The molecule has 106 valence electrons. The van der Waals surface area contributed by atoms with Crippen molar-refractivity contribution in [2.24, 2.45) is 0 Å². The van der Waals surface area contributed by atoms with Crippen molar-refractivity contribution in [1.82, 2.24) is 10.3 Å². The Bertz CT molecular complexity index is 436. The third kappa shape index (κ3) is 3.95. The minimum Gasteiger partial charge on any atom is -0.474 e. The SMILES string of the molecule is FC(F)(F)c1cnc(OCC2CNCCO2)c(Cl)c1. The van der Waals surface area contributed by atoms with Crippen LogP contribution < -0.4 is 10.1 Å². The third-order valence-electron chi connectivity index (χ3n) is 2.55. The number of nitrogens with one attached hydrogen (secondary N) is 1. The van der Waals surface area contributed by atoms with Gasteiger partial charge >= 0.3 is 6.18 Å². The van der Waals surface area contributed by atoms with Crippen molar-refractivity contribution in [3.8, 4) is 5.88 Å². The van der Waals surface area contributed by atoms with Gasteiger partial charge in [0.15, 0.2) is 0 Å². The Morgan fingerprint density at radius 1 is 1.53 bits per heavy atom. The summed E-state index contributed by atoms with van der Waals surface area (Å²) in [4.78, 5) is 3.58. The summed E-state index contributed by atoms with van der Waals surface area (Å²) in [5.74, 6) is -0.0242. The topological polar surface area (TPSA) is 43.4 Å². The van der Waals surface area contributed by atoms with Gasteiger partial charge in [-0.2, -0.15) is 13.2 Å². The number of hydrogen-bond acceptors (Lipinski definition) is 4. The van der Waals surface area contributed by atoms with Crippen LogP contribution in [0.5, 0.6) is 5.88 Å². The quantitative estimate of drug-likeness (QED) is 0.928. The molecule has 0 amide bonds. The predicted octanol–water partition coefficient (Wildman–Crippen LogP) is 2.12. The highest BCUT2D eigenvalue weighted by atomic mass is 35.5. The number of aromatic nitrogens is 1. The van der Waals surface area contributed by atoms with Crippen LogP contribution in [0.3, 0.4) is 0 Å². The largest absolute Gasteiger partial charge is 0.474 e. The molecule has 8 heteroatoms. The van der Waals surface area contributed by atoms with E-state index < -0.39 is 11.7 Å². The van der Waals surface area contributed by atoms with Crippen molar-refractivity contribution in [3.05, 3.63) is 22.8 Å². The van der Waals surface area contributed by atoms with E-state index in [9.17, 15) is 13.2 Å². The summed E-state index contributed by atoms with van der Waals surface area (Å²) < 4.78 is 47.9. The fourth-order valence-corrected chi connectivity index (χ4v) is 1.81. The van der Waals surface area contributed by atoms with Crippen LogP contribution in [0, 0.1) is 0 Å². The lowest BCUT2D eigenvalue weighted by molar-refractivity contribution is -0.137. The normalized spacial score (nSPS) is 20.3. The summed E-state index contributed by atoms with van der Waals surface area (Å²) in [6, 6.07) is 0.796. The number of halogens is 4. The average molecular weight is 297 g/mol. The molecule has 4 nitrogen and oxygen atoms in total. The summed E-state index contributed by atoms with van der Waals surface area (Å²) in [7, 11) is 0. The first-order chi connectivity index (χ1) is 8.97. The number of hydrogen-bond donors (Lipinski definition) is 1. The molecule has 2 heterocycles. The van der Waals surface area contributed by atoms with Crippen LogP contribution in [-0.2, 0) is 10.9 Å². The standard InChI is InChI=1S/C11H12ClF3N2O2/c12-9-3-7(11(13,14)15)4-17-10(9)19-6-8-5-16-1-2-18-8/h3-4,8,16H,1-2,5-6H2. The van der Waals surface area contributed by atoms with Crippen molar-refractivity contribution >= 4 is 11.6 Å². The monoisotopic (exact) mass is 296 g/mol. The summed E-state index contributed by atoms with van der Waals surface area (Å²) in [6.45, 7) is 2.15. The molecule has 1 aliphatic rings. The minimum atomic E-state index is -4.47. The summed E-state index contributed by atoms with van der Waals surface area (Å²) in [5, 5.41) is 2.94. The molecule has 19 heavy (non-hydrogen) atoms. The van der Waals surface area contributed by atoms with Gasteiger partial charge in [-0.15, -0.1) is 0 Å². The van der Waals surface area contributed by atoms with Gasteiger partial charge in [-0.25, -0.2) is 4.98 Å². The maximum absolute atomic E-state index is 12.4. The van der Waals surface area contributed by atoms with E-state index in [0.29, 0.717) is 19.3 Å². The molecule has 0 bridgehead atoms. The highest BCUT2D eigenvalue weighted by Crippen LogP contribution is 2.33. The zero-order valence-corrected chi connectivity index (χ0v) is 10.6. The second-order valence-corrected chi connectivity index (χ2v) is 4.42. The molecule has 1 aliphatic heterocycles. The molecule has 0 spiro atoms. The zero-order valence-electron chi connectivity index (χ0n) is 9.84. The van der Waals surface area contributed by atoms with Gasteiger partial charge in [0.1, 0.15) is 17.7 Å². The summed E-state index contributed by atoms with van der Waals surface area (Å²) in [6.07, 6.45) is -3.93. The van der Waals surface area contributed by atoms with Gasteiger partial charge in [0, 0.05) is 19.3 Å². The van der Waals surface area contributed by atoms with Gasteiger partial charge in [-0.05, 0) is 6.07 Å². The number of morpholine rings is 1. The maximum Gasteiger partial charge on any atom is 0.417 e. The first kappa shape index (κ1) is 14.4. The molecule has 1 N–H and O–H groups in total. The van der Waals surface area contributed by atoms with Crippen molar-refractivity contribution < 1.29 is 22.6 Å². The van der Waals surface area contributed by atoms with Crippen molar-refractivity contribution in [1.29, 1.82) is 0 Å². The first-order valence-corrected chi connectivity index (χ1v) is 6.02. The van der Waals surface area contributed by atoms with E-state index in [2.05, 4.69) is 10.3 Å². The minimum absolute atomic E-state index is 0.0242. The maximum atomic E-state index is 12.4. The fraction of sp³-hybridized carbons (Fsp3) is 0.545. The lowest BCUT2D eigenvalue weighted by atomic mass is 10.3. The third-order valence-corrected chi connectivity index (χ3v) is 2.82. The highest BCUT2D eigenvalue weighted by Gasteiger charge is 2.31. The van der Waals surface area contributed by atoms with Gasteiger partial charge in [0.25, 0.3) is 0 Å². The molecule has 1 fully saturated rings. The van der Waals surface area contributed by atoms with E-state index in [-0.39, 0.29) is 23.6 Å². The molecule has 1 aromatic rings. The van der Waals surface area contributed by atoms with Gasteiger partial charge < -0.3 is 14.8 Å². The van der Waals surface area contributed by atoms with Crippen LogP contribution in [0.25, 0.3) is 0 Å². The van der Waals surface area contributed by atoms with Gasteiger partial charge in [-0.1, -0.05) is 11.6 Å². The van der Waals surface area contributed by atoms with Crippen LogP contribution in [0.4, 0.5) is 13.2 Å². The Kier molecular flexibility index (Phi) is 4.49. The van der Waals surface area contributed by atoms with Crippen molar-refractivity contribution in [3.63, 3.8) is 0 Å². The molecule has 2 rings (SSSR count). The Morgan fingerprint density at radius 3 is 2.89 bits per heavy atom. The number of pyridine rings is 1. The lowest BCUT2D eigenvalue weighted by Gasteiger charge is -2.23. The smallest absolute Gasteiger partial charge is 0.417 e. The van der Waals surface area contributed by atoms with Crippen molar-refractivity contribution in [2.45, 2.75) is 12.3 Å². The van der Waals surface area contributed by atoms with Crippen molar-refractivity contribution in [2.75, 3.05) is 26.3 Å². The molecular formula is C11H12ClF3N2O2. The molecule has 1 saturated heterocycles. The van der Waals surface area contributed by atoms with Crippen LogP contribution in [0.2, 0.25) is 5.02 Å². The molecular weight excluding hydrogens is 285 g/mol. The van der Waals surface area contributed by atoms with Gasteiger partial charge in [0.05, 0.1) is 12.2 Å². The van der Waals surface area contributed by atoms with Crippen LogP contribution in [0.15, 0.2) is 12.3 Å². The molecule has 0 aliphatic carbocycles. The average Bonchev–Trinajstić information content (AvgIpc) is 2.37. The highest BCUT2D eigenvalue weighted by molar-refractivity contribution is 6.31. The lowest BCUT2D eigenvalue weighted by Crippen LogP contribution is -2.41. The van der Waals surface area contributed by atoms with E-state index in [1.54, 1.807) is 0 Å². The molecule has 1 unspecified atom stereocenters. The molecule has 0 saturated carbocycles. The Labute approximate surface area is 112 Å². The second-order valence-electron chi connectivity index (χ2n) is 4.02. The second kappa shape index (κ2) is 5.94. The Balaban J connectivity index is 1.97. The predicted molar refractivity (Wildman–Crippen MR) is 62.4 cm³/mol. The van der Waals surface area contributed by atoms with Crippen LogP contribution >= 0.6 is 11.6 Å². The van der Waals surface area contributed by atoms with Gasteiger partial charge in [-0.3, -0.25) is 0 Å². The van der Waals surface area contributed by atoms with E-state index in [1.807, 2.05) is 0 Å². The number of alkyl halides is 3. The fourth-order valence-electron chi connectivity index (χ4n) is 1.59. The van der Waals surface area contributed by atoms with E-state index in [0.717, 1.165) is 12.6 Å².